The Balaban J connectivity index is 2.77. The Morgan fingerprint density at radius 2 is 1.44 bits per heavy atom. The molecule has 2 N–H and O–H groups in total. The molecule has 0 saturated heterocycles. The smallest absolute Gasteiger partial charge is 0.407 e. The van der Waals surface area contributed by atoms with Gasteiger partial charge in [-0.15, -0.1) is 0 Å². The molecule has 0 heterocycles. The molecule has 240 valence electrons. The largest absolute Gasteiger partial charge is 0.493 e. The van der Waals surface area contributed by atoms with Gasteiger partial charge in [0.2, 0.25) is 5.75 Å². The minimum absolute atomic E-state index is 0.0218. The summed E-state index contributed by atoms with van der Waals surface area (Å²) in [6.07, 6.45) is -0.892. The third kappa shape index (κ3) is 9.12. The van der Waals surface area contributed by atoms with Crippen LogP contribution in [-0.2, 0) is 25.8 Å². The maximum absolute atomic E-state index is 13.2. The van der Waals surface area contributed by atoms with Crippen molar-refractivity contribution in [2.24, 2.45) is 0 Å². The predicted octanol–water partition coefficient (Wildman–Crippen LogP) is 6.97. The topological polar surface area (TPSA) is 113 Å². The minimum atomic E-state index is -2.50. The summed E-state index contributed by atoms with van der Waals surface area (Å²) in [6, 6.07) is 12.5. The van der Waals surface area contributed by atoms with Gasteiger partial charge in [0.15, 0.2) is 19.8 Å². The number of hydrogen-bond donors (Lipinski definition) is 2. The second kappa shape index (κ2) is 14.0. The van der Waals surface area contributed by atoms with Crippen LogP contribution in [0.4, 0.5) is 4.79 Å². The second-order valence-electron chi connectivity index (χ2n) is 13.6. The highest BCUT2D eigenvalue weighted by molar-refractivity contribution is 6.74. The van der Waals surface area contributed by atoms with Gasteiger partial charge in [-0.25, -0.2) is 4.79 Å². The van der Waals surface area contributed by atoms with Crippen LogP contribution in [0.1, 0.15) is 66.0 Å². The van der Waals surface area contributed by atoms with Crippen LogP contribution < -0.4 is 19.5 Å². The number of aliphatic carboxylic acids is 1. The fraction of sp³-hybridized carbons (Fsp3) is 0.576. The SMILES string of the molecule is COc1ccc([C@@](C)(C[C@H](O[Si](C)(C)C(C)(C)C)[C@H](Cc2ccccc2)NC(=O)OC(C)(C)C)C(=O)O)c(OC)c1OC. The van der Waals surface area contributed by atoms with Crippen LogP contribution >= 0.6 is 0 Å². The highest BCUT2D eigenvalue weighted by atomic mass is 28.4. The monoisotopic (exact) mass is 617 g/mol. The third-order valence-electron chi connectivity index (χ3n) is 8.08. The predicted molar refractivity (Wildman–Crippen MR) is 171 cm³/mol. The van der Waals surface area contributed by atoms with E-state index in [2.05, 4.69) is 39.2 Å². The molecule has 10 heteroatoms. The summed E-state index contributed by atoms with van der Waals surface area (Å²) in [5, 5.41) is 13.7. The summed E-state index contributed by atoms with van der Waals surface area (Å²) in [7, 11) is 1.96. The average Bonchev–Trinajstić information content (AvgIpc) is 2.89. The van der Waals surface area contributed by atoms with Crippen molar-refractivity contribution >= 4 is 20.4 Å². The molecule has 0 saturated carbocycles. The maximum Gasteiger partial charge on any atom is 0.407 e. The molecular formula is C33H51NO8Si. The zero-order valence-electron chi connectivity index (χ0n) is 27.9. The van der Waals surface area contributed by atoms with Crippen LogP contribution in [-0.4, -0.2) is 64.6 Å². The molecular weight excluding hydrogens is 566 g/mol. The molecule has 0 aliphatic rings. The fourth-order valence-corrected chi connectivity index (χ4v) is 6.03. The lowest BCUT2D eigenvalue weighted by Crippen LogP contribution is -2.55. The number of carbonyl (C=O) groups excluding carboxylic acids is 1. The second-order valence-corrected chi connectivity index (χ2v) is 18.3. The molecule has 3 atom stereocenters. The van der Waals surface area contributed by atoms with Crippen LogP contribution in [0.3, 0.4) is 0 Å². The molecule has 43 heavy (non-hydrogen) atoms. The van der Waals surface area contributed by atoms with Crippen molar-refractivity contribution in [1.82, 2.24) is 5.32 Å². The molecule has 2 aromatic carbocycles. The Bertz CT molecular complexity index is 1240. The van der Waals surface area contributed by atoms with Crippen molar-refractivity contribution in [2.75, 3.05) is 21.3 Å². The first-order valence-corrected chi connectivity index (χ1v) is 17.4. The Morgan fingerprint density at radius 1 is 0.860 bits per heavy atom. The average molecular weight is 618 g/mol. The van der Waals surface area contributed by atoms with E-state index in [1.54, 1.807) is 39.8 Å². The van der Waals surface area contributed by atoms with Crippen LogP contribution in [0, 0.1) is 0 Å². The number of methoxy groups -OCH3 is 3. The van der Waals surface area contributed by atoms with Crippen molar-refractivity contribution in [3.05, 3.63) is 53.6 Å². The molecule has 2 rings (SSSR count). The van der Waals surface area contributed by atoms with Gasteiger partial charge in [-0.05, 0) is 70.3 Å². The molecule has 0 bridgehead atoms. The van der Waals surface area contributed by atoms with E-state index in [-0.39, 0.29) is 17.2 Å². The summed E-state index contributed by atoms with van der Waals surface area (Å²) in [6.45, 7) is 17.6. The highest BCUT2D eigenvalue weighted by Gasteiger charge is 2.47. The summed E-state index contributed by atoms with van der Waals surface area (Å²) < 4.78 is 29.4. The van der Waals surface area contributed by atoms with E-state index >= 15 is 0 Å². The molecule has 2 aromatic rings. The molecule has 9 nitrogen and oxygen atoms in total. The summed E-state index contributed by atoms with van der Waals surface area (Å²) >= 11 is 0. The van der Waals surface area contributed by atoms with Crippen molar-refractivity contribution in [2.45, 2.75) is 103 Å². The van der Waals surface area contributed by atoms with E-state index in [1.165, 1.54) is 21.3 Å². The number of hydrogen-bond acceptors (Lipinski definition) is 7. The van der Waals surface area contributed by atoms with Gasteiger partial charge >= 0.3 is 12.1 Å². The Morgan fingerprint density at radius 3 is 1.91 bits per heavy atom. The number of benzene rings is 2. The van der Waals surface area contributed by atoms with Crippen molar-refractivity contribution in [3.63, 3.8) is 0 Å². The summed E-state index contributed by atoms with van der Waals surface area (Å²) in [5.41, 5.74) is -0.866. The molecule has 0 radical (unpaired) electrons. The van der Waals surface area contributed by atoms with E-state index in [1.807, 2.05) is 30.3 Å². The summed E-state index contributed by atoms with van der Waals surface area (Å²) in [5.74, 6) is -0.0990. The number of alkyl carbamates (subject to hydrolysis) is 1. The first kappa shape index (κ1) is 36.0. The normalized spacial score (nSPS) is 15.1. The maximum atomic E-state index is 13.2. The quantitative estimate of drug-likeness (QED) is 0.232. The number of carboxylic acids is 1. The first-order valence-electron chi connectivity index (χ1n) is 14.5. The zero-order chi connectivity index (χ0) is 32.8. The van der Waals surface area contributed by atoms with Gasteiger partial charge in [0.1, 0.15) is 5.60 Å². The molecule has 0 unspecified atom stereocenters. The van der Waals surface area contributed by atoms with Crippen molar-refractivity contribution < 1.29 is 38.1 Å². The van der Waals surface area contributed by atoms with Crippen LogP contribution in [0.5, 0.6) is 17.2 Å². The van der Waals surface area contributed by atoms with Gasteiger partial charge in [-0.3, -0.25) is 4.79 Å². The van der Waals surface area contributed by atoms with Gasteiger partial charge in [-0.2, -0.15) is 0 Å². The van der Waals surface area contributed by atoms with Crippen LogP contribution in [0.15, 0.2) is 42.5 Å². The number of ether oxygens (including phenoxy) is 4. The van der Waals surface area contributed by atoms with Gasteiger partial charge in [0.25, 0.3) is 0 Å². The molecule has 0 aliphatic heterocycles. The summed E-state index contributed by atoms with van der Waals surface area (Å²) in [4.78, 5) is 26.5. The zero-order valence-corrected chi connectivity index (χ0v) is 28.9. The standard InChI is InChI=1S/C33H51NO8Si/c1-31(2,3)41-30(37)34-24(20-22-16-14-13-15-17-22)26(42-43(11,12)32(4,5)6)21-33(7,29(35)36)23-18-19-25(38-8)28(40-10)27(23)39-9/h13-19,24,26H,20-21H2,1-12H3,(H,34,37)(H,35,36)/t24-,26-,33+/m0/s1. The molecule has 0 aromatic heterocycles. The molecule has 0 spiro atoms. The number of amides is 1. The lowest BCUT2D eigenvalue weighted by atomic mass is 9.75. The van der Waals surface area contributed by atoms with Gasteiger partial charge in [0.05, 0.1) is 38.9 Å². The van der Waals surface area contributed by atoms with Crippen molar-refractivity contribution in [1.29, 1.82) is 0 Å². The molecule has 1 amide bonds. The Labute approximate surface area is 258 Å². The van der Waals surface area contributed by atoms with Gasteiger partial charge in [-0.1, -0.05) is 57.2 Å². The van der Waals surface area contributed by atoms with Gasteiger partial charge < -0.3 is 33.8 Å². The van der Waals surface area contributed by atoms with E-state index in [0.717, 1.165) is 5.56 Å². The lowest BCUT2D eigenvalue weighted by molar-refractivity contribution is -0.144. The fourth-order valence-electron chi connectivity index (χ4n) is 4.67. The van der Waals surface area contributed by atoms with Crippen molar-refractivity contribution in [3.8, 4) is 17.2 Å². The third-order valence-corrected chi connectivity index (χ3v) is 12.6. The van der Waals surface area contributed by atoms with E-state index in [9.17, 15) is 14.7 Å². The molecule has 0 aliphatic carbocycles. The Kier molecular flexibility index (Phi) is 11.7. The number of rotatable bonds is 13. The van der Waals surface area contributed by atoms with Crippen LogP contribution in [0.2, 0.25) is 18.1 Å². The van der Waals surface area contributed by atoms with Crippen LogP contribution in [0.25, 0.3) is 0 Å². The van der Waals surface area contributed by atoms with E-state index in [4.69, 9.17) is 23.4 Å². The van der Waals surface area contributed by atoms with E-state index < -0.39 is 43.5 Å². The number of carboxylic acid groups (broad SMARTS) is 1. The Hall–Kier alpha value is -3.24. The molecule has 0 fully saturated rings. The van der Waals surface area contributed by atoms with E-state index in [0.29, 0.717) is 23.5 Å². The van der Waals surface area contributed by atoms with Gasteiger partial charge in [0, 0.05) is 5.56 Å². The highest BCUT2D eigenvalue weighted by Crippen LogP contribution is 2.47. The minimum Gasteiger partial charge on any atom is -0.493 e. The number of carbonyl (C=O) groups is 2. The number of nitrogens with one attached hydrogen (secondary N) is 1. The first-order chi connectivity index (χ1) is 19.8. The lowest BCUT2D eigenvalue weighted by Gasteiger charge is -2.44.